The zero-order valence-electron chi connectivity index (χ0n) is 12.0. The molecule has 1 unspecified atom stereocenters. The summed E-state index contributed by atoms with van der Waals surface area (Å²) < 4.78 is 4.54. The topological polar surface area (TPSA) is 45.4 Å². The maximum absolute atomic E-state index is 5.71. The van der Waals surface area contributed by atoms with Crippen LogP contribution in [-0.4, -0.2) is 48.5 Å². The number of rotatable bonds is 4. The van der Waals surface area contributed by atoms with E-state index in [1.165, 1.54) is 10.4 Å². The Hall–Kier alpha value is -1.17. The van der Waals surface area contributed by atoms with Gasteiger partial charge in [-0.3, -0.25) is 4.90 Å². The molecule has 0 aliphatic carbocycles. The van der Waals surface area contributed by atoms with E-state index >= 15 is 0 Å². The van der Waals surface area contributed by atoms with Gasteiger partial charge in [0, 0.05) is 38.1 Å². The number of hydrogen-bond acceptors (Lipinski definition) is 5. The van der Waals surface area contributed by atoms with E-state index in [9.17, 15) is 0 Å². The average molecular weight is 290 g/mol. The molecule has 108 valence electrons. The molecule has 2 N–H and O–H groups in total. The van der Waals surface area contributed by atoms with E-state index in [1.807, 2.05) is 0 Å². The molecular weight excluding hydrogens is 268 g/mol. The fourth-order valence-corrected chi connectivity index (χ4v) is 3.67. The predicted octanol–water partition coefficient (Wildman–Crippen LogP) is 2.01. The van der Waals surface area contributed by atoms with E-state index in [1.54, 1.807) is 11.5 Å². The summed E-state index contributed by atoms with van der Waals surface area (Å²) in [6, 6.07) is 8.42. The van der Waals surface area contributed by atoms with Gasteiger partial charge in [-0.05, 0) is 36.1 Å². The molecule has 0 amide bonds. The van der Waals surface area contributed by atoms with E-state index in [-0.39, 0.29) is 0 Å². The number of fused-ring (bicyclic) bond motifs is 1. The van der Waals surface area contributed by atoms with Crippen molar-refractivity contribution in [1.29, 1.82) is 0 Å². The highest BCUT2D eigenvalue weighted by molar-refractivity contribution is 7.11. The second-order valence-corrected chi connectivity index (χ2v) is 6.39. The normalized spacial score (nSPS) is 18.6. The number of nitrogens with two attached hydrogens (primary N) is 1. The molecule has 1 aliphatic heterocycles. The van der Waals surface area contributed by atoms with Crippen LogP contribution in [0.1, 0.15) is 6.92 Å². The Morgan fingerprint density at radius 2 is 2.00 bits per heavy atom. The molecule has 0 saturated carbocycles. The Morgan fingerprint density at radius 1 is 1.25 bits per heavy atom. The van der Waals surface area contributed by atoms with Gasteiger partial charge in [-0.25, -0.2) is 0 Å². The first-order valence-corrected chi connectivity index (χ1v) is 8.07. The van der Waals surface area contributed by atoms with E-state index in [4.69, 9.17) is 5.73 Å². The van der Waals surface area contributed by atoms with Crippen molar-refractivity contribution in [2.75, 3.05) is 44.2 Å². The van der Waals surface area contributed by atoms with Crippen molar-refractivity contribution in [1.82, 2.24) is 9.27 Å². The van der Waals surface area contributed by atoms with Gasteiger partial charge in [0.2, 0.25) is 0 Å². The van der Waals surface area contributed by atoms with Gasteiger partial charge in [-0.15, -0.1) is 0 Å². The predicted molar refractivity (Wildman–Crippen MR) is 86.5 cm³/mol. The summed E-state index contributed by atoms with van der Waals surface area (Å²) >= 11 is 1.63. The van der Waals surface area contributed by atoms with Crippen molar-refractivity contribution in [3.05, 3.63) is 24.3 Å². The second-order valence-electron chi connectivity index (χ2n) is 5.63. The van der Waals surface area contributed by atoms with Gasteiger partial charge >= 0.3 is 0 Å². The summed E-state index contributed by atoms with van der Waals surface area (Å²) in [4.78, 5) is 5.00. The standard InChI is InChI=1S/C15H22N4S/c1-12(10-16)11-18-6-8-19(9-7-18)15-13-4-2-3-5-14(13)17-20-15/h2-5,12H,6-11,16H2,1H3. The van der Waals surface area contributed by atoms with Gasteiger partial charge in [0.1, 0.15) is 5.00 Å². The first-order valence-electron chi connectivity index (χ1n) is 7.29. The quantitative estimate of drug-likeness (QED) is 0.935. The molecule has 4 nitrogen and oxygen atoms in total. The van der Waals surface area contributed by atoms with Crippen LogP contribution in [0.3, 0.4) is 0 Å². The highest BCUT2D eigenvalue weighted by Gasteiger charge is 2.21. The van der Waals surface area contributed by atoms with Crippen LogP contribution in [-0.2, 0) is 0 Å². The third kappa shape index (κ3) is 2.80. The largest absolute Gasteiger partial charge is 0.359 e. The highest BCUT2D eigenvalue weighted by Crippen LogP contribution is 2.31. The van der Waals surface area contributed by atoms with Crippen molar-refractivity contribution in [2.45, 2.75) is 6.92 Å². The smallest absolute Gasteiger partial charge is 0.120 e. The van der Waals surface area contributed by atoms with Crippen molar-refractivity contribution in [2.24, 2.45) is 11.7 Å². The monoisotopic (exact) mass is 290 g/mol. The van der Waals surface area contributed by atoms with Gasteiger partial charge in [0.05, 0.1) is 5.52 Å². The number of hydrogen-bond donors (Lipinski definition) is 1. The van der Waals surface area contributed by atoms with Crippen LogP contribution < -0.4 is 10.6 Å². The number of nitrogens with zero attached hydrogens (tertiary/aromatic N) is 3. The van der Waals surface area contributed by atoms with E-state index in [0.29, 0.717) is 5.92 Å². The van der Waals surface area contributed by atoms with Gasteiger partial charge < -0.3 is 10.6 Å². The number of benzene rings is 1. The maximum atomic E-state index is 5.71. The number of piperazine rings is 1. The van der Waals surface area contributed by atoms with Crippen LogP contribution in [0.2, 0.25) is 0 Å². The summed E-state index contributed by atoms with van der Waals surface area (Å²) in [5.41, 5.74) is 6.83. The van der Waals surface area contributed by atoms with Crippen LogP contribution in [0.4, 0.5) is 5.00 Å². The summed E-state index contributed by atoms with van der Waals surface area (Å²) in [6.45, 7) is 8.54. The molecule has 1 aromatic carbocycles. The Bertz CT molecular complexity index is 560. The van der Waals surface area contributed by atoms with Crippen LogP contribution >= 0.6 is 11.5 Å². The van der Waals surface area contributed by atoms with Crippen molar-refractivity contribution in [3.8, 4) is 0 Å². The maximum Gasteiger partial charge on any atom is 0.120 e. The molecule has 0 spiro atoms. The first kappa shape index (κ1) is 13.8. The molecule has 1 atom stereocenters. The average Bonchev–Trinajstić information content (AvgIpc) is 2.92. The van der Waals surface area contributed by atoms with Crippen LogP contribution in [0.25, 0.3) is 10.9 Å². The molecule has 20 heavy (non-hydrogen) atoms. The van der Waals surface area contributed by atoms with Crippen molar-refractivity contribution in [3.63, 3.8) is 0 Å². The Morgan fingerprint density at radius 3 is 2.75 bits per heavy atom. The molecule has 1 fully saturated rings. The summed E-state index contributed by atoms with van der Waals surface area (Å²) in [6.07, 6.45) is 0. The zero-order valence-corrected chi connectivity index (χ0v) is 12.8. The lowest BCUT2D eigenvalue weighted by molar-refractivity contribution is 0.227. The Balaban J connectivity index is 1.66. The zero-order chi connectivity index (χ0) is 13.9. The van der Waals surface area contributed by atoms with Crippen molar-refractivity contribution >= 4 is 27.4 Å². The van der Waals surface area contributed by atoms with E-state index in [0.717, 1.165) is 44.8 Å². The van der Waals surface area contributed by atoms with Crippen LogP contribution in [0.15, 0.2) is 24.3 Å². The minimum absolute atomic E-state index is 0.589. The first-order chi connectivity index (χ1) is 9.78. The molecule has 0 bridgehead atoms. The number of anilines is 1. The molecular formula is C15H22N4S. The van der Waals surface area contributed by atoms with E-state index in [2.05, 4.69) is 45.4 Å². The van der Waals surface area contributed by atoms with Gasteiger partial charge in [-0.2, -0.15) is 4.37 Å². The molecule has 1 saturated heterocycles. The second kappa shape index (κ2) is 6.08. The minimum atomic E-state index is 0.589. The lowest BCUT2D eigenvalue weighted by Gasteiger charge is -2.36. The molecule has 1 aromatic heterocycles. The van der Waals surface area contributed by atoms with Crippen LogP contribution in [0, 0.1) is 5.92 Å². The minimum Gasteiger partial charge on any atom is -0.359 e. The Kier molecular flexibility index (Phi) is 4.19. The lowest BCUT2D eigenvalue weighted by Crippen LogP contribution is -2.48. The Labute approximate surface area is 124 Å². The molecule has 2 aromatic rings. The molecule has 2 heterocycles. The summed E-state index contributed by atoms with van der Waals surface area (Å²) in [5.74, 6) is 0.589. The molecule has 3 rings (SSSR count). The fraction of sp³-hybridized carbons (Fsp3) is 0.533. The fourth-order valence-electron chi connectivity index (χ4n) is 2.75. The highest BCUT2D eigenvalue weighted by atomic mass is 32.1. The molecule has 0 radical (unpaired) electrons. The summed E-state index contributed by atoms with van der Waals surface area (Å²) in [7, 11) is 0. The van der Waals surface area contributed by atoms with Crippen molar-refractivity contribution < 1.29 is 0 Å². The molecule has 5 heteroatoms. The van der Waals surface area contributed by atoms with Gasteiger partial charge in [0.15, 0.2) is 0 Å². The number of aromatic nitrogens is 1. The van der Waals surface area contributed by atoms with E-state index < -0.39 is 0 Å². The third-order valence-corrected chi connectivity index (χ3v) is 4.94. The summed E-state index contributed by atoms with van der Waals surface area (Å²) in [5, 5.41) is 2.62. The SMILES string of the molecule is CC(CN)CN1CCN(c2snc3ccccc23)CC1. The molecule has 1 aliphatic rings. The van der Waals surface area contributed by atoms with Crippen LogP contribution in [0.5, 0.6) is 0 Å². The van der Waals surface area contributed by atoms with Gasteiger partial charge in [0.25, 0.3) is 0 Å². The van der Waals surface area contributed by atoms with Gasteiger partial charge in [-0.1, -0.05) is 19.1 Å². The third-order valence-electron chi connectivity index (χ3n) is 4.00. The lowest BCUT2D eigenvalue weighted by atomic mass is 10.1.